The quantitative estimate of drug-likeness (QED) is 0.886. The number of halogens is 1. The molecule has 0 aliphatic heterocycles. The fraction of sp³-hybridized carbons (Fsp3) is 0.250. The molecule has 2 rings (SSSR count). The number of hydrogen-bond donors (Lipinski definition) is 2. The molecule has 0 bridgehead atoms. The number of carboxylic acid groups (broad SMARTS) is 1. The van der Waals surface area contributed by atoms with Crippen LogP contribution in [0.25, 0.3) is 0 Å². The molecule has 100 valence electrons. The van der Waals surface area contributed by atoms with E-state index in [1.165, 1.54) is 10.9 Å². The van der Waals surface area contributed by atoms with E-state index in [4.69, 9.17) is 5.11 Å². The largest absolute Gasteiger partial charge is 0.480 e. The summed E-state index contributed by atoms with van der Waals surface area (Å²) < 4.78 is 1.91. The average molecular weight is 326 g/mol. The Balaban J connectivity index is 2.37. The lowest BCUT2D eigenvalue weighted by molar-refractivity contribution is -0.137. The first-order valence-electron chi connectivity index (χ1n) is 5.51. The molecule has 2 N–H and O–H groups in total. The highest BCUT2D eigenvalue weighted by Crippen LogP contribution is 2.32. The Morgan fingerprint density at radius 1 is 1.47 bits per heavy atom. The molecular formula is C12H12BrN3O3. The van der Waals surface area contributed by atoms with Gasteiger partial charge in [-0.1, -0.05) is 39.3 Å². The van der Waals surface area contributed by atoms with Gasteiger partial charge in [-0.05, 0) is 13.0 Å². The standard InChI is InChI=1S/C12H12BrN3O3/c1-12(19,8-4-2-3-5-9(8)13)10-6-16(15-14-10)7-11(17)18/h2-6,19H,7H2,1H3,(H,17,18). The van der Waals surface area contributed by atoms with Crippen molar-refractivity contribution < 1.29 is 15.0 Å². The zero-order valence-electron chi connectivity index (χ0n) is 10.1. The third kappa shape index (κ3) is 2.82. The molecule has 6 nitrogen and oxygen atoms in total. The lowest BCUT2D eigenvalue weighted by Gasteiger charge is -2.22. The van der Waals surface area contributed by atoms with E-state index < -0.39 is 11.6 Å². The molecule has 1 aromatic heterocycles. The molecule has 0 saturated heterocycles. The SMILES string of the molecule is CC(O)(c1cn(CC(=O)O)nn1)c1ccccc1Br. The second-order valence-electron chi connectivity index (χ2n) is 4.25. The number of nitrogens with zero attached hydrogens (tertiary/aromatic N) is 3. The zero-order valence-corrected chi connectivity index (χ0v) is 11.7. The topological polar surface area (TPSA) is 88.2 Å². The Bertz CT molecular complexity index is 610. The van der Waals surface area contributed by atoms with Gasteiger partial charge in [0, 0.05) is 10.0 Å². The van der Waals surface area contributed by atoms with E-state index in [2.05, 4.69) is 26.2 Å². The molecule has 1 atom stereocenters. The van der Waals surface area contributed by atoms with Crippen LogP contribution in [0.4, 0.5) is 0 Å². The van der Waals surface area contributed by atoms with Crippen LogP contribution in [0.2, 0.25) is 0 Å². The molecule has 0 fully saturated rings. The van der Waals surface area contributed by atoms with Gasteiger partial charge in [0.05, 0.1) is 6.20 Å². The van der Waals surface area contributed by atoms with Crippen molar-refractivity contribution in [2.24, 2.45) is 0 Å². The van der Waals surface area contributed by atoms with Crippen molar-refractivity contribution in [3.8, 4) is 0 Å². The molecule has 7 heteroatoms. The van der Waals surface area contributed by atoms with Gasteiger partial charge in [0.15, 0.2) is 0 Å². The maximum Gasteiger partial charge on any atom is 0.325 e. The molecule has 19 heavy (non-hydrogen) atoms. The van der Waals surface area contributed by atoms with Crippen LogP contribution in [-0.4, -0.2) is 31.2 Å². The maximum absolute atomic E-state index is 10.6. The van der Waals surface area contributed by atoms with E-state index in [1.807, 2.05) is 12.1 Å². The van der Waals surface area contributed by atoms with Gasteiger partial charge in [-0.15, -0.1) is 5.10 Å². The number of carbonyl (C=O) groups is 1. The Morgan fingerprint density at radius 3 is 2.79 bits per heavy atom. The summed E-state index contributed by atoms with van der Waals surface area (Å²) in [5.41, 5.74) is -0.422. The van der Waals surface area contributed by atoms with Crippen LogP contribution in [0, 0.1) is 0 Å². The minimum atomic E-state index is -1.35. The van der Waals surface area contributed by atoms with Crippen molar-refractivity contribution in [2.45, 2.75) is 19.1 Å². The van der Waals surface area contributed by atoms with Crippen LogP contribution in [0.1, 0.15) is 18.2 Å². The van der Waals surface area contributed by atoms with Gasteiger partial charge < -0.3 is 10.2 Å². The van der Waals surface area contributed by atoms with Gasteiger partial charge >= 0.3 is 5.97 Å². The number of rotatable bonds is 4. The summed E-state index contributed by atoms with van der Waals surface area (Å²) in [6.45, 7) is 1.29. The first kappa shape index (κ1) is 13.7. The molecule has 1 aromatic carbocycles. The van der Waals surface area contributed by atoms with Crippen LogP contribution >= 0.6 is 15.9 Å². The number of aromatic nitrogens is 3. The third-order valence-corrected chi connectivity index (χ3v) is 3.42. The minimum absolute atomic E-state index is 0.292. The van der Waals surface area contributed by atoms with Crippen LogP contribution in [0.3, 0.4) is 0 Å². The molecule has 0 amide bonds. The Kier molecular flexibility index (Phi) is 3.68. The summed E-state index contributed by atoms with van der Waals surface area (Å²) in [4.78, 5) is 10.6. The monoisotopic (exact) mass is 325 g/mol. The highest BCUT2D eigenvalue weighted by Gasteiger charge is 2.31. The molecule has 0 saturated carbocycles. The Morgan fingerprint density at radius 2 is 2.16 bits per heavy atom. The smallest absolute Gasteiger partial charge is 0.325 e. The number of hydrogen-bond acceptors (Lipinski definition) is 4. The van der Waals surface area contributed by atoms with Crippen molar-refractivity contribution in [1.82, 2.24) is 15.0 Å². The molecule has 0 aliphatic rings. The molecule has 0 spiro atoms. The van der Waals surface area contributed by atoms with E-state index in [0.717, 1.165) is 4.47 Å². The second-order valence-corrected chi connectivity index (χ2v) is 5.10. The van der Waals surface area contributed by atoms with Gasteiger partial charge in [0.2, 0.25) is 0 Å². The van der Waals surface area contributed by atoms with Crippen LogP contribution in [0.5, 0.6) is 0 Å². The molecular weight excluding hydrogens is 314 g/mol. The third-order valence-electron chi connectivity index (χ3n) is 2.73. The number of aliphatic hydroxyl groups is 1. The predicted molar refractivity (Wildman–Crippen MR) is 70.5 cm³/mol. The molecule has 1 heterocycles. The molecule has 2 aromatic rings. The minimum Gasteiger partial charge on any atom is -0.480 e. The van der Waals surface area contributed by atoms with Gasteiger partial charge in [0.1, 0.15) is 17.8 Å². The van der Waals surface area contributed by atoms with Gasteiger partial charge in [-0.2, -0.15) is 0 Å². The van der Waals surface area contributed by atoms with Crippen molar-refractivity contribution in [3.63, 3.8) is 0 Å². The summed E-state index contributed by atoms with van der Waals surface area (Å²) >= 11 is 3.37. The summed E-state index contributed by atoms with van der Waals surface area (Å²) in [7, 11) is 0. The zero-order chi connectivity index (χ0) is 14.0. The van der Waals surface area contributed by atoms with E-state index in [0.29, 0.717) is 11.3 Å². The molecule has 0 radical (unpaired) electrons. The average Bonchev–Trinajstić information content (AvgIpc) is 2.77. The molecule has 1 unspecified atom stereocenters. The lowest BCUT2D eigenvalue weighted by Crippen LogP contribution is -2.24. The fourth-order valence-corrected chi connectivity index (χ4v) is 2.40. The second kappa shape index (κ2) is 5.10. The van der Waals surface area contributed by atoms with Crippen LogP contribution in [-0.2, 0) is 16.9 Å². The van der Waals surface area contributed by atoms with Crippen molar-refractivity contribution in [1.29, 1.82) is 0 Å². The highest BCUT2D eigenvalue weighted by atomic mass is 79.9. The summed E-state index contributed by atoms with van der Waals surface area (Å²) in [5.74, 6) is -1.02. The maximum atomic E-state index is 10.6. The normalized spacial score (nSPS) is 14.1. The van der Waals surface area contributed by atoms with Crippen LogP contribution in [0.15, 0.2) is 34.9 Å². The van der Waals surface area contributed by atoms with Crippen LogP contribution < -0.4 is 0 Å². The van der Waals surface area contributed by atoms with Gasteiger partial charge in [0.25, 0.3) is 0 Å². The van der Waals surface area contributed by atoms with Crippen molar-refractivity contribution >= 4 is 21.9 Å². The van der Waals surface area contributed by atoms with E-state index in [-0.39, 0.29) is 6.54 Å². The first-order chi connectivity index (χ1) is 8.91. The highest BCUT2D eigenvalue weighted by molar-refractivity contribution is 9.10. The lowest BCUT2D eigenvalue weighted by atomic mass is 9.93. The number of carboxylic acids is 1. The predicted octanol–water partition coefficient (Wildman–Crippen LogP) is 1.38. The Labute approximate surface area is 117 Å². The number of benzene rings is 1. The summed E-state index contributed by atoms with van der Waals surface area (Å²) in [6, 6.07) is 7.22. The van der Waals surface area contributed by atoms with Gasteiger partial charge in [-0.25, -0.2) is 4.68 Å². The van der Waals surface area contributed by atoms with E-state index in [1.54, 1.807) is 19.1 Å². The summed E-state index contributed by atoms with van der Waals surface area (Å²) in [6.07, 6.45) is 1.42. The fourth-order valence-electron chi connectivity index (χ4n) is 1.73. The first-order valence-corrected chi connectivity index (χ1v) is 6.30. The van der Waals surface area contributed by atoms with Crippen molar-refractivity contribution in [2.75, 3.05) is 0 Å². The number of aliphatic carboxylic acids is 1. The summed E-state index contributed by atoms with van der Waals surface area (Å²) in [5, 5.41) is 26.8. The van der Waals surface area contributed by atoms with E-state index >= 15 is 0 Å². The van der Waals surface area contributed by atoms with E-state index in [9.17, 15) is 9.90 Å². The van der Waals surface area contributed by atoms with Crippen molar-refractivity contribution in [3.05, 3.63) is 46.2 Å². The van der Waals surface area contributed by atoms with Gasteiger partial charge in [-0.3, -0.25) is 4.79 Å². The molecule has 0 aliphatic carbocycles. The Hall–Kier alpha value is -1.73.